The van der Waals surface area contributed by atoms with Crippen LogP contribution in [-0.2, 0) is 14.8 Å². The van der Waals surface area contributed by atoms with E-state index in [4.69, 9.17) is 0 Å². The van der Waals surface area contributed by atoms with E-state index in [0.717, 1.165) is 29.3 Å². The number of benzene rings is 2. The number of sulfonamides is 1. The molecule has 0 aliphatic carbocycles. The molecule has 0 radical (unpaired) electrons. The third-order valence-electron chi connectivity index (χ3n) is 5.03. The van der Waals surface area contributed by atoms with Gasteiger partial charge in [0.2, 0.25) is 15.9 Å². The maximum absolute atomic E-state index is 14.0. The Kier molecular flexibility index (Phi) is 6.74. The summed E-state index contributed by atoms with van der Waals surface area (Å²) in [7, 11) is -3.64. The second kappa shape index (κ2) is 9.26. The van der Waals surface area contributed by atoms with Gasteiger partial charge in [0.25, 0.3) is 0 Å². The van der Waals surface area contributed by atoms with E-state index in [9.17, 15) is 17.6 Å². The average Bonchev–Trinajstić information content (AvgIpc) is 2.72. The zero-order chi connectivity index (χ0) is 20.9. The lowest BCUT2D eigenvalue weighted by atomic mass is 10.2. The summed E-state index contributed by atoms with van der Waals surface area (Å²) < 4.78 is 39.2. The number of rotatable bonds is 7. The van der Waals surface area contributed by atoms with Crippen molar-refractivity contribution in [1.29, 1.82) is 0 Å². The highest BCUT2D eigenvalue weighted by molar-refractivity contribution is 7.92. The molecule has 8 heteroatoms. The van der Waals surface area contributed by atoms with Crippen molar-refractivity contribution in [3.05, 3.63) is 60.4 Å². The lowest BCUT2D eigenvalue weighted by Crippen LogP contribution is -2.48. The van der Waals surface area contributed by atoms with Crippen LogP contribution in [0.5, 0.6) is 0 Å². The van der Waals surface area contributed by atoms with Gasteiger partial charge in [-0.25, -0.2) is 12.8 Å². The lowest BCUT2D eigenvalue weighted by molar-refractivity contribution is -0.131. The first kappa shape index (κ1) is 21.1. The molecule has 2 aromatic rings. The van der Waals surface area contributed by atoms with Gasteiger partial charge >= 0.3 is 0 Å². The normalized spacial score (nSPS) is 14.7. The summed E-state index contributed by atoms with van der Waals surface area (Å²) in [5, 5.41) is 0. The lowest BCUT2D eigenvalue weighted by Gasteiger charge is -2.36. The van der Waals surface area contributed by atoms with Gasteiger partial charge in [-0.3, -0.25) is 9.10 Å². The fourth-order valence-corrected chi connectivity index (χ4v) is 4.47. The van der Waals surface area contributed by atoms with Crippen molar-refractivity contribution in [2.75, 3.05) is 48.2 Å². The second-order valence-corrected chi connectivity index (χ2v) is 9.00. The molecule has 29 heavy (non-hydrogen) atoms. The highest BCUT2D eigenvalue weighted by Crippen LogP contribution is 2.22. The number of carbonyl (C=O) groups is 1. The molecule has 156 valence electrons. The number of carbonyl (C=O) groups excluding carboxylic acids is 1. The minimum absolute atomic E-state index is 0.000281. The molecule has 1 fully saturated rings. The standard InChI is InChI=1S/C21H26FN3O3S/c1-29(27,28)25(20-11-6-5-10-19(20)22)13-7-12-21(26)24-16-14-23(15-17-24)18-8-3-2-4-9-18/h2-6,8-11H,7,12-17H2,1H3. The van der Waals surface area contributed by atoms with Crippen molar-refractivity contribution < 1.29 is 17.6 Å². The monoisotopic (exact) mass is 419 g/mol. The van der Waals surface area contributed by atoms with Crippen LogP contribution in [0.1, 0.15) is 12.8 Å². The fourth-order valence-electron chi connectivity index (χ4n) is 3.50. The molecule has 0 saturated carbocycles. The maximum Gasteiger partial charge on any atom is 0.232 e. The van der Waals surface area contributed by atoms with E-state index in [1.807, 2.05) is 23.1 Å². The average molecular weight is 420 g/mol. The largest absolute Gasteiger partial charge is 0.368 e. The smallest absolute Gasteiger partial charge is 0.232 e. The zero-order valence-electron chi connectivity index (χ0n) is 16.5. The molecule has 1 saturated heterocycles. The summed E-state index contributed by atoms with van der Waals surface area (Å²) >= 11 is 0. The number of piperazine rings is 1. The summed E-state index contributed by atoms with van der Waals surface area (Å²) in [6, 6.07) is 15.8. The topological polar surface area (TPSA) is 60.9 Å². The number of para-hydroxylation sites is 2. The maximum atomic E-state index is 14.0. The Bertz CT molecular complexity index is 929. The van der Waals surface area contributed by atoms with Crippen molar-refractivity contribution in [1.82, 2.24) is 4.90 Å². The van der Waals surface area contributed by atoms with Crippen LogP contribution in [0.3, 0.4) is 0 Å². The molecule has 1 heterocycles. The first-order valence-corrected chi connectivity index (χ1v) is 11.5. The number of halogens is 1. The van der Waals surface area contributed by atoms with E-state index in [2.05, 4.69) is 17.0 Å². The van der Waals surface area contributed by atoms with Crippen LogP contribution in [0, 0.1) is 5.82 Å². The Balaban J connectivity index is 1.52. The van der Waals surface area contributed by atoms with Crippen molar-refractivity contribution in [3.63, 3.8) is 0 Å². The molecule has 0 atom stereocenters. The van der Waals surface area contributed by atoms with Gasteiger partial charge in [0.1, 0.15) is 5.82 Å². The quantitative estimate of drug-likeness (QED) is 0.692. The van der Waals surface area contributed by atoms with Crippen molar-refractivity contribution in [3.8, 4) is 0 Å². The third kappa shape index (κ3) is 5.47. The van der Waals surface area contributed by atoms with Crippen LogP contribution in [0.2, 0.25) is 0 Å². The van der Waals surface area contributed by atoms with E-state index >= 15 is 0 Å². The van der Waals surface area contributed by atoms with Gasteiger partial charge in [0, 0.05) is 44.8 Å². The van der Waals surface area contributed by atoms with Gasteiger partial charge in [0.05, 0.1) is 11.9 Å². The Labute approximate surface area is 171 Å². The molecular formula is C21H26FN3O3S. The van der Waals surface area contributed by atoms with Gasteiger partial charge in [-0.15, -0.1) is 0 Å². The summed E-state index contributed by atoms with van der Waals surface area (Å²) in [4.78, 5) is 16.6. The molecule has 0 spiro atoms. The number of hydrogen-bond donors (Lipinski definition) is 0. The van der Waals surface area contributed by atoms with E-state index in [1.54, 1.807) is 6.07 Å². The number of anilines is 2. The highest BCUT2D eigenvalue weighted by Gasteiger charge is 2.23. The summed E-state index contributed by atoms with van der Waals surface area (Å²) in [5.74, 6) is -0.596. The Hall–Kier alpha value is -2.61. The predicted molar refractivity (Wildman–Crippen MR) is 113 cm³/mol. The predicted octanol–water partition coefficient (Wildman–Crippen LogP) is 2.72. The van der Waals surface area contributed by atoms with E-state index in [-0.39, 0.29) is 24.6 Å². The molecule has 0 bridgehead atoms. The van der Waals surface area contributed by atoms with E-state index < -0.39 is 15.8 Å². The van der Waals surface area contributed by atoms with Crippen molar-refractivity contribution >= 4 is 27.3 Å². The molecule has 1 aliphatic heterocycles. The first-order chi connectivity index (χ1) is 13.9. The van der Waals surface area contributed by atoms with Gasteiger partial charge in [-0.2, -0.15) is 0 Å². The second-order valence-electron chi connectivity index (χ2n) is 7.09. The fraction of sp³-hybridized carbons (Fsp3) is 0.381. The molecular weight excluding hydrogens is 393 g/mol. The number of hydrogen-bond acceptors (Lipinski definition) is 4. The Morgan fingerprint density at radius 1 is 1.00 bits per heavy atom. The first-order valence-electron chi connectivity index (χ1n) is 9.66. The molecule has 1 amide bonds. The van der Waals surface area contributed by atoms with Gasteiger partial charge in [-0.05, 0) is 30.7 Å². The highest BCUT2D eigenvalue weighted by atomic mass is 32.2. The Morgan fingerprint density at radius 2 is 1.62 bits per heavy atom. The van der Waals surface area contributed by atoms with Crippen LogP contribution in [0.4, 0.5) is 15.8 Å². The summed E-state index contributed by atoms with van der Waals surface area (Å²) in [6.45, 7) is 2.87. The van der Waals surface area contributed by atoms with Crippen LogP contribution in [0.15, 0.2) is 54.6 Å². The molecule has 1 aliphatic rings. The van der Waals surface area contributed by atoms with Crippen LogP contribution >= 0.6 is 0 Å². The molecule has 0 N–H and O–H groups in total. The molecule has 2 aromatic carbocycles. The van der Waals surface area contributed by atoms with Crippen LogP contribution in [0.25, 0.3) is 0 Å². The van der Waals surface area contributed by atoms with E-state index in [1.165, 1.54) is 18.2 Å². The summed E-state index contributed by atoms with van der Waals surface area (Å²) in [6.07, 6.45) is 1.61. The van der Waals surface area contributed by atoms with E-state index in [0.29, 0.717) is 19.5 Å². The Morgan fingerprint density at radius 3 is 2.24 bits per heavy atom. The molecule has 0 aromatic heterocycles. The minimum atomic E-state index is -3.64. The molecule has 3 rings (SSSR count). The molecule has 6 nitrogen and oxygen atoms in total. The minimum Gasteiger partial charge on any atom is -0.368 e. The summed E-state index contributed by atoms with van der Waals surface area (Å²) in [5.41, 5.74) is 1.16. The van der Waals surface area contributed by atoms with Gasteiger partial charge in [0.15, 0.2) is 0 Å². The van der Waals surface area contributed by atoms with Crippen LogP contribution < -0.4 is 9.21 Å². The molecule has 0 unspecified atom stereocenters. The van der Waals surface area contributed by atoms with Crippen molar-refractivity contribution in [2.45, 2.75) is 12.8 Å². The van der Waals surface area contributed by atoms with Gasteiger partial charge < -0.3 is 9.80 Å². The third-order valence-corrected chi connectivity index (χ3v) is 6.21. The number of amides is 1. The SMILES string of the molecule is CS(=O)(=O)N(CCCC(=O)N1CCN(c2ccccc2)CC1)c1ccccc1F. The van der Waals surface area contributed by atoms with Crippen LogP contribution in [-0.4, -0.2) is 58.2 Å². The number of nitrogens with zero attached hydrogens (tertiary/aromatic N) is 3. The van der Waals surface area contributed by atoms with Crippen molar-refractivity contribution in [2.24, 2.45) is 0 Å². The van der Waals surface area contributed by atoms with Gasteiger partial charge in [-0.1, -0.05) is 30.3 Å². The zero-order valence-corrected chi connectivity index (χ0v) is 17.3.